The molecular formula is C15H26N2OS. The standard InChI is InChI=1S/C15H26N2OS/c1-6-13(7-2)17-9-8-12(16-17)10-14(18)11-19-15(3,4)5/h8-9,13H,6-7,10-11H2,1-5H3. The zero-order valence-corrected chi connectivity index (χ0v) is 13.6. The number of nitrogens with zero attached hydrogens (tertiary/aromatic N) is 2. The predicted molar refractivity (Wildman–Crippen MR) is 82.8 cm³/mol. The number of rotatable bonds is 7. The van der Waals surface area contributed by atoms with E-state index in [1.165, 1.54) is 0 Å². The minimum absolute atomic E-state index is 0.143. The summed E-state index contributed by atoms with van der Waals surface area (Å²) in [5.41, 5.74) is 0.895. The molecule has 0 bridgehead atoms. The van der Waals surface area contributed by atoms with Crippen molar-refractivity contribution in [2.45, 2.75) is 64.7 Å². The van der Waals surface area contributed by atoms with Gasteiger partial charge in [-0.1, -0.05) is 34.6 Å². The van der Waals surface area contributed by atoms with Gasteiger partial charge in [0.1, 0.15) is 5.78 Å². The van der Waals surface area contributed by atoms with Gasteiger partial charge in [0.25, 0.3) is 0 Å². The van der Waals surface area contributed by atoms with Gasteiger partial charge in [0.05, 0.1) is 23.9 Å². The van der Waals surface area contributed by atoms with Gasteiger partial charge in [-0.3, -0.25) is 9.48 Å². The van der Waals surface area contributed by atoms with Crippen molar-refractivity contribution in [1.29, 1.82) is 0 Å². The van der Waals surface area contributed by atoms with Gasteiger partial charge < -0.3 is 0 Å². The lowest BCUT2D eigenvalue weighted by molar-refractivity contribution is -0.116. The van der Waals surface area contributed by atoms with Crippen LogP contribution in [-0.4, -0.2) is 26.1 Å². The Labute approximate surface area is 121 Å². The van der Waals surface area contributed by atoms with Crippen LogP contribution in [0.3, 0.4) is 0 Å². The maximum absolute atomic E-state index is 11.9. The van der Waals surface area contributed by atoms with Crippen molar-refractivity contribution in [1.82, 2.24) is 9.78 Å². The molecule has 1 rings (SSSR count). The van der Waals surface area contributed by atoms with Crippen molar-refractivity contribution in [3.63, 3.8) is 0 Å². The highest BCUT2D eigenvalue weighted by molar-refractivity contribution is 8.01. The number of hydrogen-bond donors (Lipinski definition) is 0. The Morgan fingerprint density at radius 3 is 2.53 bits per heavy atom. The molecule has 0 saturated heterocycles. The summed E-state index contributed by atoms with van der Waals surface area (Å²) in [6.45, 7) is 10.7. The summed E-state index contributed by atoms with van der Waals surface area (Å²) in [5.74, 6) is 0.830. The number of carbonyl (C=O) groups excluding carboxylic acids is 1. The van der Waals surface area contributed by atoms with Gasteiger partial charge in [-0.05, 0) is 18.9 Å². The van der Waals surface area contributed by atoms with Crippen molar-refractivity contribution in [3.8, 4) is 0 Å². The fourth-order valence-corrected chi connectivity index (χ4v) is 2.58. The molecule has 3 nitrogen and oxygen atoms in total. The molecule has 0 fully saturated rings. The summed E-state index contributed by atoms with van der Waals surface area (Å²) in [5, 5.41) is 4.52. The van der Waals surface area contributed by atoms with Crippen molar-refractivity contribution in [3.05, 3.63) is 18.0 Å². The monoisotopic (exact) mass is 282 g/mol. The lowest BCUT2D eigenvalue weighted by atomic mass is 10.2. The van der Waals surface area contributed by atoms with Crippen LogP contribution in [0.25, 0.3) is 0 Å². The van der Waals surface area contributed by atoms with Crippen LogP contribution in [0, 0.1) is 0 Å². The average Bonchev–Trinajstić information content (AvgIpc) is 2.76. The van der Waals surface area contributed by atoms with Crippen LogP contribution in [-0.2, 0) is 11.2 Å². The highest BCUT2D eigenvalue weighted by atomic mass is 32.2. The SMILES string of the molecule is CCC(CC)n1ccc(CC(=O)CSC(C)(C)C)n1. The van der Waals surface area contributed by atoms with Crippen molar-refractivity contribution >= 4 is 17.5 Å². The molecule has 0 amide bonds. The molecule has 0 saturated carbocycles. The van der Waals surface area contributed by atoms with Gasteiger partial charge in [-0.25, -0.2) is 0 Å². The summed E-state index contributed by atoms with van der Waals surface area (Å²) in [7, 11) is 0. The topological polar surface area (TPSA) is 34.9 Å². The van der Waals surface area contributed by atoms with Crippen LogP contribution in [0.4, 0.5) is 0 Å². The lowest BCUT2D eigenvalue weighted by Crippen LogP contribution is -2.15. The fourth-order valence-electron chi connectivity index (χ4n) is 1.89. The molecule has 1 aromatic rings. The van der Waals surface area contributed by atoms with Crippen molar-refractivity contribution in [2.75, 3.05) is 5.75 Å². The maximum Gasteiger partial charge on any atom is 0.148 e. The lowest BCUT2D eigenvalue weighted by Gasteiger charge is -2.16. The van der Waals surface area contributed by atoms with Crippen molar-refractivity contribution in [2.24, 2.45) is 0 Å². The van der Waals surface area contributed by atoms with E-state index in [9.17, 15) is 4.79 Å². The molecule has 0 radical (unpaired) electrons. The van der Waals surface area contributed by atoms with E-state index in [4.69, 9.17) is 0 Å². The van der Waals surface area contributed by atoms with Gasteiger partial charge in [0, 0.05) is 10.9 Å². The summed E-state index contributed by atoms with van der Waals surface area (Å²) in [6.07, 6.45) is 4.60. The largest absolute Gasteiger partial charge is 0.298 e. The summed E-state index contributed by atoms with van der Waals surface area (Å²) >= 11 is 1.70. The second-order valence-electron chi connectivity index (χ2n) is 5.87. The fraction of sp³-hybridized carbons (Fsp3) is 0.733. The van der Waals surface area contributed by atoms with Gasteiger partial charge >= 0.3 is 0 Å². The molecule has 4 heteroatoms. The first kappa shape index (κ1) is 16.3. The molecule has 0 atom stereocenters. The third-order valence-electron chi connectivity index (χ3n) is 3.02. The van der Waals surface area contributed by atoms with Crippen LogP contribution >= 0.6 is 11.8 Å². The van der Waals surface area contributed by atoms with E-state index < -0.39 is 0 Å². The molecule has 0 aromatic carbocycles. The second kappa shape index (κ2) is 7.13. The molecule has 0 unspecified atom stereocenters. The quantitative estimate of drug-likeness (QED) is 0.761. The van der Waals surface area contributed by atoms with Gasteiger partial charge in [0.2, 0.25) is 0 Å². The zero-order chi connectivity index (χ0) is 14.5. The van der Waals surface area contributed by atoms with E-state index >= 15 is 0 Å². The Morgan fingerprint density at radius 2 is 2.00 bits per heavy atom. The molecule has 0 aliphatic carbocycles. The molecule has 0 aliphatic heterocycles. The summed E-state index contributed by atoms with van der Waals surface area (Å²) < 4.78 is 2.14. The number of carbonyl (C=O) groups is 1. The highest BCUT2D eigenvalue weighted by Gasteiger charge is 2.15. The smallest absolute Gasteiger partial charge is 0.148 e. The Morgan fingerprint density at radius 1 is 1.37 bits per heavy atom. The van der Waals surface area contributed by atoms with Crippen LogP contribution in [0.15, 0.2) is 12.3 Å². The molecule has 0 N–H and O–H groups in total. The highest BCUT2D eigenvalue weighted by Crippen LogP contribution is 2.23. The molecule has 1 heterocycles. The van der Waals surface area contributed by atoms with Crippen LogP contribution in [0.2, 0.25) is 0 Å². The van der Waals surface area contributed by atoms with E-state index in [0.717, 1.165) is 18.5 Å². The number of aromatic nitrogens is 2. The number of hydrogen-bond acceptors (Lipinski definition) is 3. The van der Waals surface area contributed by atoms with Crippen LogP contribution in [0.5, 0.6) is 0 Å². The zero-order valence-electron chi connectivity index (χ0n) is 12.8. The molecule has 1 aromatic heterocycles. The Balaban J connectivity index is 2.51. The molecular weight excluding hydrogens is 256 g/mol. The van der Waals surface area contributed by atoms with Gasteiger partial charge in [-0.2, -0.15) is 5.10 Å². The van der Waals surface area contributed by atoms with E-state index in [-0.39, 0.29) is 10.5 Å². The third-order valence-corrected chi connectivity index (χ3v) is 4.36. The first-order valence-electron chi connectivity index (χ1n) is 7.05. The Bertz CT molecular complexity index is 403. The number of ketones is 1. The normalized spacial score (nSPS) is 12.1. The van der Waals surface area contributed by atoms with E-state index in [0.29, 0.717) is 18.2 Å². The second-order valence-corrected chi connectivity index (χ2v) is 7.68. The van der Waals surface area contributed by atoms with Crippen LogP contribution in [0.1, 0.15) is 59.2 Å². The third kappa shape index (κ3) is 5.81. The van der Waals surface area contributed by atoms with E-state index in [1.807, 2.05) is 16.9 Å². The molecule has 0 spiro atoms. The van der Waals surface area contributed by atoms with E-state index in [2.05, 4.69) is 39.7 Å². The predicted octanol–water partition coefficient (Wildman–Crippen LogP) is 3.89. The van der Waals surface area contributed by atoms with Crippen molar-refractivity contribution < 1.29 is 4.79 Å². The number of thioether (sulfide) groups is 1. The molecule has 0 aliphatic rings. The Kier molecular flexibility index (Phi) is 6.11. The Hall–Kier alpha value is -0.770. The first-order valence-corrected chi connectivity index (χ1v) is 8.04. The number of Topliss-reactive ketones (excluding diaryl/α,β-unsaturated/α-hetero) is 1. The van der Waals surface area contributed by atoms with E-state index in [1.54, 1.807) is 11.8 Å². The average molecular weight is 282 g/mol. The summed E-state index contributed by atoms with van der Waals surface area (Å²) in [4.78, 5) is 11.9. The van der Waals surface area contributed by atoms with Gasteiger partial charge in [0.15, 0.2) is 0 Å². The minimum Gasteiger partial charge on any atom is -0.298 e. The minimum atomic E-state index is 0.143. The molecule has 19 heavy (non-hydrogen) atoms. The van der Waals surface area contributed by atoms with Crippen LogP contribution < -0.4 is 0 Å². The van der Waals surface area contributed by atoms with Gasteiger partial charge in [-0.15, -0.1) is 11.8 Å². The maximum atomic E-state index is 11.9. The molecule has 108 valence electrons. The first-order chi connectivity index (χ1) is 8.85. The summed E-state index contributed by atoms with van der Waals surface area (Å²) in [6, 6.07) is 2.42.